The number of anilines is 1. The highest BCUT2D eigenvalue weighted by atomic mass is 35.5. The topological polar surface area (TPSA) is 55.0 Å². The zero-order chi connectivity index (χ0) is 19.3. The van der Waals surface area contributed by atoms with Crippen molar-refractivity contribution in [1.82, 2.24) is 15.1 Å². The van der Waals surface area contributed by atoms with Gasteiger partial charge in [0.25, 0.3) is 0 Å². The number of nitrogens with two attached hydrogens (primary N) is 1. The predicted molar refractivity (Wildman–Crippen MR) is 112 cm³/mol. The van der Waals surface area contributed by atoms with Gasteiger partial charge in [0.05, 0.1) is 17.1 Å². The van der Waals surface area contributed by atoms with E-state index in [2.05, 4.69) is 49.7 Å². The third kappa shape index (κ3) is 4.54. The molecular weight excluding hydrogens is 344 g/mol. The number of hydrogen-bond donors (Lipinski definition) is 1. The van der Waals surface area contributed by atoms with E-state index in [1.807, 2.05) is 24.3 Å². The van der Waals surface area contributed by atoms with Crippen LogP contribution in [-0.2, 0) is 12.8 Å². The Morgan fingerprint density at radius 1 is 1.04 bits per heavy atom. The van der Waals surface area contributed by atoms with E-state index in [0.29, 0.717) is 5.02 Å². The first-order chi connectivity index (χ1) is 12.3. The lowest BCUT2D eigenvalue weighted by Crippen LogP contribution is -2.45. The van der Waals surface area contributed by atoms with Gasteiger partial charge in [0.15, 0.2) is 0 Å². The van der Waals surface area contributed by atoms with Crippen LogP contribution in [0.4, 0.5) is 5.69 Å². The fourth-order valence-corrected chi connectivity index (χ4v) is 3.73. The highest BCUT2D eigenvalue weighted by Crippen LogP contribution is 2.31. The summed E-state index contributed by atoms with van der Waals surface area (Å²) in [5.74, 6) is 0. The summed E-state index contributed by atoms with van der Waals surface area (Å²) in [5.41, 5.74) is 11.2. The Kier molecular flexibility index (Phi) is 7.01. The van der Waals surface area contributed by atoms with Gasteiger partial charge in [-0.25, -0.2) is 0 Å². The van der Waals surface area contributed by atoms with Crippen molar-refractivity contribution >= 4 is 17.3 Å². The maximum Gasteiger partial charge on any atom is 0.0982 e. The molecule has 0 saturated carbocycles. The average molecular weight is 375 g/mol. The molecular formula is C21H31ClN4. The summed E-state index contributed by atoms with van der Waals surface area (Å²) in [6, 6.07) is 7.71. The first kappa shape index (κ1) is 20.7. The van der Waals surface area contributed by atoms with E-state index < -0.39 is 0 Å². The molecule has 0 radical (unpaired) electrons. The Morgan fingerprint density at radius 2 is 1.65 bits per heavy atom. The SMILES string of the molecule is CCCc1c(-c2ccc(Cl)cc2)nnc(CC(C)(C)N(CC)CC)c1N. The standard InChI is InChI=1S/C21H31ClN4/c1-6-9-17-19(23)18(14-21(4,5)26(7-2)8-3)24-25-20(17)15-10-12-16(22)13-11-15/h10-13H,6-9,14H2,1-5H3,(H2,23,25). The largest absolute Gasteiger partial charge is 0.397 e. The molecule has 0 atom stereocenters. The molecule has 0 spiro atoms. The summed E-state index contributed by atoms with van der Waals surface area (Å²) in [4.78, 5) is 2.43. The van der Waals surface area contributed by atoms with Crippen LogP contribution in [0.5, 0.6) is 0 Å². The quantitative estimate of drug-likeness (QED) is 0.706. The van der Waals surface area contributed by atoms with Crippen LogP contribution in [0.15, 0.2) is 24.3 Å². The maximum absolute atomic E-state index is 6.58. The van der Waals surface area contributed by atoms with Crippen LogP contribution in [0.25, 0.3) is 11.3 Å². The minimum absolute atomic E-state index is 0.0163. The average Bonchev–Trinajstić information content (AvgIpc) is 2.60. The minimum Gasteiger partial charge on any atom is -0.397 e. The number of hydrogen-bond acceptors (Lipinski definition) is 4. The molecule has 1 heterocycles. The second kappa shape index (κ2) is 8.83. The van der Waals surface area contributed by atoms with Crippen LogP contribution >= 0.6 is 11.6 Å². The summed E-state index contributed by atoms with van der Waals surface area (Å²) in [6.45, 7) is 13.0. The summed E-state index contributed by atoms with van der Waals surface area (Å²) >= 11 is 6.02. The van der Waals surface area contributed by atoms with E-state index in [-0.39, 0.29) is 5.54 Å². The van der Waals surface area contributed by atoms with Crippen molar-refractivity contribution in [3.05, 3.63) is 40.5 Å². The van der Waals surface area contributed by atoms with Crippen LogP contribution in [0.1, 0.15) is 52.3 Å². The first-order valence-electron chi connectivity index (χ1n) is 9.48. The molecule has 0 aliphatic rings. The van der Waals surface area contributed by atoms with Gasteiger partial charge in [-0.05, 0) is 45.5 Å². The Labute approximate surface area is 162 Å². The van der Waals surface area contributed by atoms with Crippen LogP contribution in [0.3, 0.4) is 0 Å². The van der Waals surface area contributed by atoms with E-state index in [9.17, 15) is 0 Å². The summed E-state index contributed by atoms with van der Waals surface area (Å²) in [7, 11) is 0. The zero-order valence-corrected chi connectivity index (χ0v) is 17.4. The molecule has 26 heavy (non-hydrogen) atoms. The highest BCUT2D eigenvalue weighted by molar-refractivity contribution is 6.30. The predicted octanol–water partition coefficient (Wildman–Crippen LogP) is 4.99. The third-order valence-corrected chi connectivity index (χ3v) is 5.28. The van der Waals surface area contributed by atoms with Crippen LogP contribution in [0.2, 0.25) is 5.02 Å². The maximum atomic E-state index is 6.58. The van der Waals surface area contributed by atoms with Crippen molar-refractivity contribution in [2.45, 2.75) is 59.4 Å². The van der Waals surface area contributed by atoms with Gasteiger partial charge >= 0.3 is 0 Å². The van der Waals surface area contributed by atoms with Crippen LogP contribution in [0, 0.1) is 0 Å². The highest BCUT2D eigenvalue weighted by Gasteiger charge is 2.27. The fraction of sp³-hybridized carbons (Fsp3) is 0.524. The Morgan fingerprint density at radius 3 is 2.19 bits per heavy atom. The molecule has 0 amide bonds. The molecule has 0 aliphatic heterocycles. The van der Waals surface area contributed by atoms with Crippen LogP contribution in [-0.4, -0.2) is 33.7 Å². The molecule has 0 aliphatic carbocycles. The zero-order valence-electron chi connectivity index (χ0n) is 16.6. The number of likely N-dealkylation sites (N-methyl/N-ethyl adjacent to an activating group) is 1. The van der Waals surface area contributed by atoms with E-state index >= 15 is 0 Å². The van der Waals surface area contributed by atoms with Crippen molar-refractivity contribution in [1.29, 1.82) is 0 Å². The van der Waals surface area contributed by atoms with Gasteiger partial charge in [0, 0.05) is 28.1 Å². The van der Waals surface area contributed by atoms with Gasteiger partial charge in [-0.15, -0.1) is 5.10 Å². The number of nitrogens with zero attached hydrogens (tertiary/aromatic N) is 3. The fourth-order valence-electron chi connectivity index (χ4n) is 3.60. The Balaban J connectivity index is 2.44. The monoisotopic (exact) mass is 374 g/mol. The minimum atomic E-state index is -0.0163. The third-order valence-electron chi connectivity index (χ3n) is 5.03. The lowest BCUT2D eigenvalue weighted by molar-refractivity contribution is 0.134. The lowest BCUT2D eigenvalue weighted by Gasteiger charge is -2.37. The van der Waals surface area contributed by atoms with Crippen molar-refractivity contribution in [3.63, 3.8) is 0 Å². The molecule has 5 heteroatoms. The number of nitrogen functional groups attached to an aromatic ring is 1. The molecule has 2 N–H and O–H groups in total. The van der Waals surface area contributed by atoms with Crippen molar-refractivity contribution < 1.29 is 0 Å². The van der Waals surface area contributed by atoms with E-state index in [0.717, 1.165) is 60.6 Å². The van der Waals surface area contributed by atoms with Crippen molar-refractivity contribution in [2.75, 3.05) is 18.8 Å². The summed E-state index contributed by atoms with van der Waals surface area (Å²) in [5, 5.41) is 9.80. The molecule has 0 saturated heterocycles. The second-order valence-electron chi connectivity index (χ2n) is 7.31. The van der Waals surface area contributed by atoms with Gasteiger partial charge in [0.2, 0.25) is 0 Å². The molecule has 0 bridgehead atoms. The summed E-state index contributed by atoms with van der Waals surface area (Å²) < 4.78 is 0. The van der Waals surface area contributed by atoms with Gasteiger partial charge in [0.1, 0.15) is 0 Å². The summed E-state index contributed by atoms with van der Waals surface area (Å²) in [6.07, 6.45) is 2.68. The van der Waals surface area contributed by atoms with Crippen molar-refractivity contribution in [3.8, 4) is 11.3 Å². The van der Waals surface area contributed by atoms with Crippen LogP contribution < -0.4 is 5.73 Å². The Bertz CT molecular complexity index is 722. The number of rotatable bonds is 8. The molecule has 1 aromatic heterocycles. The van der Waals surface area contributed by atoms with Crippen molar-refractivity contribution in [2.24, 2.45) is 0 Å². The number of aromatic nitrogens is 2. The Hall–Kier alpha value is -1.65. The molecule has 2 aromatic rings. The first-order valence-corrected chi connectivity index (χ1v) is 9.86. The van der Waals surface area contributed by atoms with Gasteiger partial charge in [-0.1, -0.05) is 50.9 Å². The van der Waals surface area contributed by atoms with E-state index in [1.54, 1.807) is 0 Å². The smallest absolute Gasteiger partial charge is 0.0982 e. The molecule has 0 fully saturated rings. The molecule has 1 aromatic carbocycles. The lowest BCUT2D eigenvalue weighted by atomic mass is 9.92. The van der Waals surface area contributed by atoms with Gasteiger partial charge < -0.3 is 5.73 Å². The van der Waals surface area contributed by atoms with E-state index in [1.165, 1.54) is 0 Å². The molecule has 0 unspecified atom stereocenters. The molecule has 2 rings (SSSR count). The second-order valence-corrected chi connectivity index (χ2v) is 7.74. The number of halogens is 1. The van der Waals surface area contributed by atoms with Gasteiger partial charge in [-0.2, -0.15) is 5.10 Å². The molecule has 142 valence electrons. The number of benzene rings is 1. The normalized spacial score (nSPS) is 12.0. The van der Waals surface area contributed by atoms with Gasteiger partial charge in [-0.3, -0.25) is 4.90 Å². The molecule has 4 nitrogen and oxygen atoms in total. The van der Waals surface area contributed by atoms with E-state index in [4.69, 9.17) is 17.3 Å².